The number of nitrogens with one attached hydrogen (secondary N) is 1. The van der Waals surface area contributed by atoms with Gasteiger partial charge in [0.25, 0.3) is 11.5 Å². The largest absolute Gasteiger partial charge is 0.353 e. The molecule has 2 heterocycles. The van der Waals surface area contributed by atoms with Crippen molar-refractivity contribution in [2.24, 2.45) is 7.05 Å². The van der Waals surface area contributed by atoms with Gasteiger partial charge in [-0.3, -0.25) is 14.4 Å². The summed E-state index contributed by atoms with van der Waals surface area (Å²) in [5.41, 5.74) is 1.77. The normalized spacial score (nSPS) is 16.8. The van der Waals surface area contributed by atoms with Crippen molar-refractivity contribution in [1.29, 1.82) is 0 Å². The molecule has 1 aliphatic heterocycles. The van der Waals surface area contributed by atoms with Gasteiger partial charge >= 0.3 is 0 Å². The van der Waals surface area contributed by atoms with Crippen LogP contribution in [0.15, 0.2) is 65.5 Å². The first-order chi connectivity index (χ1) is 13.6. The molecule has 1 fully saturated rings. The smallest absolute Gasteiger partial charge is 0.255 e. The molecule has 28 heavy (non-hydrogen) atoms. The van der Waals surface area contributed by atoms with Crippen molar-refractivity contribution in [2.75, 3.05) is 13.1 Å². The zero-order valence-electron chi connectivity index (χ0n) is 15.6. The summed E-state index contributed by atoms with van der Waals surface area (Å²) >= 11 is 0. The molecule has 0 unspecified atom stereocenters. The van der Waals surface area contributed by atoms with Gasteiger partial charge in [0.1, 0.15) is 6.04 Å². The van der Waals surface area contributed by atoms with Crippen LogP contribution in [0.5, 0.6) is 0 Å². The summed E-state index contributed by atoms with van der Waals surface area (Å²) in [4.78, 5) is 40.0. The Kier molecular flexibility index (Phi) is 4.69. The van der Waals surface area contributed by atoms with E-state index < -0.39 is 6.04 Å². The lowest BCUT2D eigenvalue weighted by molar-refractivity contribution is -0.127. The number of pyridine rings is 1. The molecule has 142 valence electrons. The van der Waals surface area contributed by atoms with E-state index in [0.29, 0.717) is 36.0 Å². The number of para-hydroxylation sites is 1. The van der Waals surface area contributed by atoms with E-state index in [4.69, 9.17) is 0 Å². The summed E-state index contributed by atoms with van der Waals surface area (Å²) in [7, 11) is 1.69. The number of carbonyl (C=O) groups excluding carboxylic acids is 2. The van der Waals surface area contributed by atoms with Crippen LogP contribution in [0.2, 0.25) is 0 Å². The van der Waals surface area contributed by atoms with Crippen LogP contribution in [-0.4, -0.2) is 40.4 Å². The van der Waals surface area contributed by atoms with E-state index in [1.54, 1.807) is 11.9 Å². The highest BCUT2D eigenvalue weighted by Crippen LogP contribution is 2.21. The van der Waals surface area contributed by atoms with E-state index >= 15 is 0 Å². The molecule has 0 bridgehead atoms. The molecule has 4 rings (SSSR count). The van der Waals surface area contributed by atoms with Crippen LogP contribution in [0.1, 0.15) is 15.9 Å². The van der Waals surface area contributed by atoms with E-state index in [1.165, 1.54) is 10.6 Å². The molecule has 0 saturated carbocycles. The number of aromatic nitrogens is 1. The van der Waals surface area contributed by atoms with Gasteiger partial charge in [0, 0.05) is 38.0 Å². The lowest BCUT2D eigenvalue weighted by Crippen LogP contribution is -2.58. The Hall–Kier alpha value is -3.41. The standard InChI is InChI=1S/C22H21N3O3/c1-24-18-10-6-5-9-16(18)17(14-20(24)26)22(28)25-12-11-23-21(27)19(25)13-15-7-3-2-4-8-15/h2-10,14,19H,11-13H2,1H3,(H,23,27)/t19-/m1/s1. The van der Waals surface area contributed by atoms with Gasteiger partial charge < -0.3 is 14.8 Å². The van der Waals surface area contributed by atoms with Crippen LogP contribution in [0.3, 0.4) is 0 Å². The Morgan fingerprint density at radius 3 is 2.57 bits per heavy atom. The highest BCUT2D eigenvalue weighted by atomic mass is 16.2. The molecule has 0 spiro atoms. The van der Waals surface area contributed by atoms with Crippen LogP contribution in [0, 0.1) is 0 Å². The average Bonchev–Trinajstić information content (AvgIpc) is 2.72. The zero-order valence-corrected chi connectivity index (χ0v) is 15.6. The Balaban J connectivity index is 1.75. The van der Waals surface area contributed by atoms with Crippen molar-refractivity contribution in [2.45, 2.75) is 12.5 Å². The number of amides is 2. The predicted molar refractivity (Wildman–Crippen MR) is 107 cm³/mol. The third-order valence-corrected chi connectivity index (χ3v) is 5.25. The van der Waals surface area contributed by atoms with Gasteiger partial charge in [-0.05, 0) is 11.6 Å². The summed E-state index contributed by atoms with van der Waals surface area (Å²) in [6.07, 6.45) is 0.432. The minimum absolute atomic E-state index is 0.170. The molecule has 2 amide bonds. The molecule has 6 heteroatoms. The second-order valence-electron chi connectivity index (χ2n) is 6.97. The molecule has 0 radical (unpaired) electrons. The Bertz CT molecular complexity index is 1100. The van der Waals surface area contributed by atoms with E-state index in [9.17, 15) is 14.4 Å². The SMILES string of the molecule is Cn1c(=O)cc(C(=O)N2CCNC(=O)[C@H]2Cc2ccccc2)c2ccccc21. The first-order valence-electron chi connectivity index (χ1n) is 9.27. The van der Waals surface area contributed by atoms with Crippen LogP contribution < -0.4 is 10.9 Å². The monoisotopic (exact) mass is 375 g/mol. The van der Waals surface area contributed by atoms with Crippen LogP contribution in [0.4, 0.5) is 0 Å². The third-order valence-electron chi connectivity index (χ3n) is 5.25. The summed E-state index contributed by atoms with van der Waals surface area (Å²) in [6, 6.07) is 17.7. The zero-order chi connectivity index (χ0) is 19.7. The summed E-state index contributed by atoms with van der Waals surface area (Å²) < 4.78 is 1.52. The third kappa shape index (κ3) is 3.17. The number of nitrogens with zero attached hydrogens (tertiary/aromatic N) is 2. The Morgan fingerprint density at radius 2 is 1.79 bits per heavy atom. The molecule has 1 aromatic heterocycles. The van der Waals surface area contributed by atoms with Gasteiger partial charge in [-0.1, -0.05) is 48.5 Å². The highest BCUT2D eigenvalue weighted by molar-refractivity contribution is 6.07. The topological polar surface area (TPSA) is 71.4 Å². The molecule has 1 aliphatic rings. The Labute approximate surface area is 162 Å². The van der Waals surface area contributed by atoms with Gasteiger partial charge in [-0.15, -0.1) is 0 Å². The van der Waals surface area contributed by atoms with Crippen molar-refractivity contribution in [3.63, 3.8) is 0 Å². The molecule has 2 aromatic carbocycles. The van der Waals surface area contributed by atoms with Crippen LogP contribution in [0.25, 0.3) is 10.9 Å². The molecule has 0 aliphatic carbocycles. The number of rotatable bonds is 3. The number of fused-ring (bicyclic) bond motifs is 1. The fraction of sp³-hybridized carbons (Fsp3) is 0.227. The second kappa shape index (κ2) is 7.31. The number of aryl methyl sites for hydroxylation is 1. The van der Waals surface area contributed by atoms with E-state index in [0.717, 1.165) is 5.56 Å². The molecule has 1 saturated heterocycles. The fourth-order valence-corrected chi connectivity index (χ4v) is 3.74. The van der Waals surface area contributed by atoms with Gasteiger partial charge in [-0.2, -0.15) is 0 Å². The molecular formula is C22H21N3O3. The predicted octanol–water partition coefficient (Wildman–Crippen LogP) is 1.72. The van der Waals surface area contributed by atoms with E-state index in [-0.39, 0.29) is 17.4 Å². The minimum atomic E-state index is -0.605. The van der Waals surface area contributed by atoms with E-state index in [2.05, 4.69) is 5.32 Å². The fourth-order valence-electron chi connectivity index (χ4n) is 3.74. The lowest BCUT2D eigenvalue weighted by atomic mass is 10.00. The molecular weight excluding hydrogens is 354 g/mol. The molecule has 6 nitrogen and oxygen atoms in total. The average molecular weight is 375 g/mol. The number of piperazine rings is 1. The first kappa shape index (κ1) is 18.0. The minimum Gasteiger partial charge on any atom is -0.353 e. The van der Waals surface area contributed by atoms with Crippen molar-refractivity contribution < 1.29 is 9.59 Å². The quantitative estimate of drug-likeness (QED) is 0.758. The van der Waals surface area contributed by atoms with E-state index in [1.807, 2.05) is 54.6 Å². The lowest BCUT2D eigenvalue weighted by Gasteiger charge is -2.35. The summed E-state index contributed by atoms with van der Waals surface area (Å²) in [5, 5.41) is 3.56. The number of benzene rings is 2. The number of carbonyl (C=O) groups is 2. The Morgan fingerprint density at radius 1 is 1.07 bits per heavy atom. The van der Waals surface area contributed by atoms with Gasteiger partial charge in [0.2, 0.25) is 5.91 Å². The first-order valence-corrected chi connectivity index (χ1v) is 9.27. The van der Waals surface area contributed by atoms with Crippen molar-refractivity contribution in [1.82, 2.24) is 14.8 Å². The second-order valence-corrected chi connectivity index (χ2v) is 6.97. The van der Waals surface area contributed by atoms with Gasteiger partial charge in [0.05, 0.1) is 11.1 Å². The van der Waals surface area contributed by atoms with Gasteiger partial charge in [0.15, 0.2) is 0 Å². The van der Waals surface area contributed by atoms with Crippen molar-refractivity contribution in [3.8, 4) is 0 Å². The number of hydrogen-bond acceptors (Lipinski definition) is 3. The molecule has 1 N–H and O–H groups in total. The van der Waals surface area contributed by atoms with Crippen molar-refractivity contribution in [3.05, 3.63) is 82.1 Å². The summed E-state index contributed by atoms with van der Waals surface area (Å²) in [6.45, 7) is 0.810. The van der Waals surface area contributed by atoms with Crippen molar-refractivity contribution >= 4 is 22.7 Å². The maximum atomic E-state index is 13.4. The summed E-state index contributed by atoms with van der Waals surface area (Å²) in [5.74, 6) is -0.457. The maximum Gasteiger partial charge on any atom is 0.255 e. The highest BCUT2D eigenvalue weighted by Gasteiger charge is 2.34. The van der Waals surface area contributed by atoms with Crippen LogP contribution >= 0.6 is 0 Å². The van der Waals surface area contributed by atoms with Gasteiger partial charge in [-0.25, -0.2) is 0 Å². The maximum absolute atomic E-state index is 13.4. The molecule has 3 aromatic rings. The van der Waals surface area contributed by atoms with Crippen LogP contribution in [-0.2, 0) is 18.3 Å². The molecule has 1 atom stereocenters. The number of hydrogen-bond donors (Lipinski definition) is 1.